The summed E-state index contributed by atoms with van der Waals surface area (Å²) in [6.07, 6.45) is 0. The van der Waals surface area contributed by atoms with Gasteiger partial charge in [0.25, 0.3) is 5.91 Å². The molecule has 1 aromatic carbocycles. The number of nitrogens with zero attached hydrogens (tertiary/aromatic N) is 2. The largest absolute Gasteiger partial charge is 0.394 e. The zero-order valence-electron chi connectivity index (χ0n) is 11.2. The number of carbonyl (C=O) groups excluding carboxylic acids is 1. The van der Waals surface area contributed by atoms with Crippen molar-refractivity contribution in [3.63, 3.8) is 0 Å². The molecule has 0 saturated heterocycles. The summed E-state index contributed by atoms with van der Waals surface area (Å²) in [6, 6.07) is 7.37. The van der Waals surface area contributed by atoms with Gasteiger partial charge in [-0.2, -0.15) is 0 Å². The fourth-order valence-electron chi connectivity index (χ4n) is 2.07. The molecule has 1 atom stereocenters. The highest BCUT2D eigenvalue weighted by molar-refractivity contribution is 6.38. The number of hydrogen-bond acceptors (Lipinski definition) is 2. The van der Waals surface area contributed by atoms with Crippen molar-refractivity contribution in [2.24, 2.45) is 7.05 Å². The van der Waals surface area contributed by atoms with Gasteiger partial charge in [0.2, 0.25) is 0 Å². The number of likely N-dealkylation sites (N-methyl/N-ethyl adjacent to an activating group) is 1. The fraction of sp³-hybridized carbons (Fsp3) is 0.357. The Morgan fingerprint density at radius 3 is 2.68 bits per heavy atom. The van der Waals surface area contributed by atoms with E-state index in [9.17, 15) is 4.79 Å². The van der Waals surface area contributed by atoms with Crippen LogP contribution in [-0.4, -0.2) is 40.2 Å². The van der Waals surface area contributed by atoms with Gasteiger partial charge in [0.05, 0.1) is 17.7 Å². The molecule has 0 aliphatic rings. The number of carbonyl (C=O) groups is 1. The van der Waals surface area contributed by atoms with Crippen molar-refractivity contribution in [3.05, 3.63) is 35.0 Å². The number of fused-ring (bicyclic) bond motifs is 1. The smallest absolute Gasteiger partial charge is 0.272 e. The van der Waals surface area contributed by atoms with Crippen LogP contribution in [0.3, 0.4) is 0 Å². The first-order chi connectivity index (χ1) is 8.99. The summed E-state index contributed by atoms with van der Waals surface area (Å²) in [7, 11) is 3.48. The minimum absolute atomic E-state index is 0.0796. The molecule has 1 aromatic heterocycles. The van der Waals surface area contributed by atoms with Crippen molar-refractivity contribution < 1.29 is 9.90 Å². The predicted octanol–water partition coefficient (Wildman–Crippen LogP) is 2.28. The first kappa shape index (κ1) is 13.9. The Balaban J connectivity index is 2.54. The number of amides is 1. The lowest BCUT2D eigenvalue weighted by molar-refractivity contribution is 0.0673. The number of rotatable bonds is 3. The molecule has 1 unspecified atom stereocenters. The molecule has 0 aliphatic carbocycles. The third-order valence-corrected chi connectivity index (χ3v) is 3.88. The van der Waals surface area contributed by atoms with Gasteiger partial charge >= 0.3 is 0 Å². The number of halogens is 1. The average molecular weight is 281 g/mol. The molecular formula is C14H17ClN2O2. The summed E-state index contributed by atoms with van der Waals surface area (Å²) in [5.41, 5.74) is 1.37. The van der Waals surface area contributed by atoms with Crippen molar-refractivity contribution in [2.45, 2.75) is 13.0 Å². The van der Waals surface area contributed by atoms with Crippen molar-refractivity contribution in [1.82, 2.24) is 9.47 Å². The van der Waals surface area contributed by atoms with E-state index in [-0.39, 0.29) is 18.6 Å². The van der Waals surface area contributed by atoms with Gasteiger partial charge in [0, 0.05) is 25.0 Å². The van der Waals surface area contributed by atoms with Gasteiger partial charge in [-0.25, -0.2) is 0 Å². The average Bonchev–Trinajstić information content (AvgIpc) is 2.69. The normalized spacial score (nSPS) is 12.7. The van der Waals surface area contributed by atoms with Gasteiger partial charge in [-0.15, -0.1) is 0 Å². The van der Waals surface area contributed by atoms with Gasteiger partial charge in [-0.1, -0.05) is 29.8 Å². The molecule has 2 aromatic rings. The number of hydrogen-bond donors (Lipinski definition) is 1. The Bertz CT molecular complexity index is 582. The topological polar surface area (TPSA) is 45.5 Å². The quantitative estimate of drug-likeness (QED) is 0.938. The predicted molar refractivity (Wildman–Crippen MR) is 76.6 cm³/mol. The fourth-order valence-corrected chi connectivity index (χ4v) is 2.44. The Morgan fingerprint density at radius 2 is 2.11 bits per heavy atom. The Kier molecular flexibility index (Phi) is 3.83. The van der Waals surface area contributed by atoms with Gasteiger partial charge in [0.15, 0.2) is 0 Å². The van der Waals surface area contributed by atoms with Crippen molar-refractivity contribution >= 4 is 28.4 Å². The summed E-state index contributed by atoms with van der Waals surface area (Å²) in [6.45, 7) is 1.71. The molecule has 0 aliphatic heterocycles. The second-order valence-electron chi connectivity index (χ2n) is 4.69. The highest BCUT2D eigenvalue weighted by atomic mass is 35.5. The zero-order valence-corrected chi connectivity index (χ0v) is 12.0. The summed E-state index contributed by atoms with van der Waals surface area (Å²) in [5.74, 6) is -0.190. The van der Waals surface area contributed by atoms with Crippen molar-refractivity contribution in [3.8, 4) is 0 Å². The first-order valence-electron chi connectivity index (χ1n) is 6.10. The molecule has 1 heterocycles. The van der Waals surface area contributed by atoms with E-state index in [4.69, 9.17) is 16.7 Å². The lowest BCUT2D eigenvalue weighted by Gasteiger charge is -2.23. The van der Waals surface area contributed by atoms with E-state index in [2.05, 4.69) is 0 Å². The molecule has 4 nitrogen and oxygen atoms in total. The second-order valence-corrected chi connectivity index (χ2v) is 5.06. The summed E-state index contributed by atoms with van der Waals surface area (Å²) in [4.78, 5) is 14.0. The maximum atomic E-state index is 12.5. The third-order valence-electron chi connectivity index (χ3n) is 3.49. The van der Waals surface area contributed by atoms with Crippen LogP contribution in [0.25, 0.3) is 10.9 Å². The zero-order chi connectivity index (χ0) is 14.2. The first-order valence-corrected chi connectivity index (χ1v) is 6.47. The van der Waals surface area contributed by atoms with E-state index in [1.54, 1.807) is 18.5 Å². The summed E-state index contributed by atoms with van der Waals surface area (Å²) < 4.78 is 1.79. The minimum Gasteiger partial charge on any atom is -0.394 e. The van der Waals surface area contributed by atoms with E-state index >= 15 is 0 Å². The number of benzene rings is 1. The van der Waals surface area contributed by atoms with Crippen LogP contribution in [0.4, 0.5) is 0 Å². The van der Waals surface area contributed by atoms with Crippen LogP contribution in [0.2, 0.25) is 5.02 Å². The van der Waals surface area contributed by atoms with Crippen LogP contribution in [0.5, 0.6) is 0 Å². The van der Waals surface area contributed by atoms with Gasteiger partial charge in [-0.05, 0) is 13.0 Å². The lowest BCUT2D eigenvalue weighted by Crippen LogP contribution is -2.38. The molecule has 0 saturated carbocycles. The monoisotopic (exact) mass is 280 g/mol. The summed E-state index contributed by atoms with van der Waals surface area (Å²) in [5, 5.41) is 10.5. The molecule has 5 heteroatoms. The van der Waals surface area contributed by atoms with Crippen LogP contribution in [0, 0.1) is 0 Å². The van der Waals surface area contributed by atoms with E-state index in [1.807, 2.05) is 31.3 Å². The number of aryl methyl sites for hydroxylation is 1. The molecule has 1 N–H and O–H groups in total. The second kappa shape index (κ2) is 5.23. The number of aromatic nitrogens is 1. The maximum absolute atomic E-state index is 12.5. The lowest BCUT2D eigenvalue weighted by atomic mass is 10.2. The van der Waals surface area contributed by atoms with Crippen LogP contribution in [0.15, 0.2) is 24.3 Å². The van der Waals surface area contributed by atoms with Gasteiger partial charge < -0.3 is 14.6 Å². The Hall–Kier alpha value is -1.52. The Labute approximate surface area is 117 Å². The molecule has 0 bridgehead atoms. The molecule has 102 valence electrons. The molecule has 0 radical (unpaired) electrons. The molecule has 0 fully saturated rings. The molecule has 1 amide bonds. The van der Waals surface area contributed by atoms with Crippen molar-refractivity contribution in [2.75, 3.05) is 13.7 Å². The van der Waals surface area contributed by atoms with Crippen molar-refractivity contribution in [1.29, 1.82) is 0 Å². The van der Waals surface area contributed by atoms with Crippen LogP contribution in [-0.2, 0) is 7.05 Å². The highest BCUT2D eigenvalue weighted by Crippen LogP contribution is 2.30. The van der Waals surface area contributed by atoms with Crippen LogP contribution in [0.1, 0.15) is 17.4 Å². The van der Waals surface area contributed by atoms with E-state index < -0.39 is 0 Å². The molecule has 19 heavy (non-hydrogen) atoms. The molecule has 2 rings (SSSR count). The van der Waals surface area contributed by atoms with Gasteiger partial charge in [-0.3, -0.25) is 4.79 Å². The number of para-hydroxylation sites is 1. The Morgan fingerprint density at radius 1 is 1.47 bits per heavy atom. The number of aliphatic hydroxyl groups excluding tert-OH is 1. The number of aliphatic hydroxyl groups is 1. The van der Waals surface area contributed by atoms with E-state index in [1.165, 1.54) is 4.90 Å². The maximum Gasteiger partial charge on any atom is 0.272 e. The summed E-state index contributed by atoms with van der Waals surface area (Å²) >= 11 is 6.32. The van der Waals surface area contributed by atoms with Gasteiger partial charge in [0.1, 0.15) is 5.69 Å². The molecule has 0 spiro atoms. The van der Waals surface area contributed by atoms with E-state index in [0.29, 0.717) is 10.7 Å². The minimum atomic E-state index is -0.249. The molecular weight excluding hydrogens is 264 g/mol. The SMILES string of the molecule is CC(CO)N(C)C(=O)c1c(Cl)c2ccccc2n1C. The highest BCUT2D eigenvalue weighted by Gasteiger charge is 2.24. The van der Waals surface area contributed by atoms with E-state index in [0.717, 1.165) is 10.9 Å². The van der Waals surface area contributed by atoms with Crippen LogP contribution >= 0.6 is 11.6 Å². The standard InChI is InChI=1S/C14H17ClN2O2/c1-9(8-18)16(2)14(19)13-12(15)10-6-4-5-7-11(10)17(13)3/h4-7,9,18H,8H2,1-3H3. The third kappa shape index (κ3) is 2.22. The van der Waals surface area contributed by atoms with Crippen LogP contribution < -0.4 is 0 Å².